The lowest BCUT2D eigenvalue weighted by molar-refractivity contribution is 1.24. The van der Waals surface area contributed by atoms with Crippen LogP contribution in [0.15, 0.2) is 40.6 Å². The highest BCUT2D eigenvalue weighted by Gasteiger charge is 1.84. The van der Waals surface area contributed by atoms with Crippen molar-refractivity contribution in [2.24, 2.45) is 4.99 Å². The first kappa shape index (κ1) is 12.9. The van der Waals surface area contributed by atoms with E-state index in [-0.39, 0.29) is 0 Å². The Labute approximate surface area is 87.9 Å². The Morgan fingerprint density at radius 3 is 2.14 bits per heavy atom. The third-order valence-electron chi connectivity index (χ3n) is 2.06. The zero-order valence-corrected chi connectivity index (χ0v) is 9.96. The zero-order chi connectivity index (χ0) is 11.0. The molecule has 0 aromatic rings. The number of hydrogen-bond acceptors (Lipinski definition) is 1. The molecule has 0 rings (SSSR count). The lowest BCUT2D eigenvalue weighted by Gasteiger charge is -1.92. The molecule has 0 bridgehead atoms. The van der Waals surface area contributed by atoms with E-state index in [1.54, 1.807) is 0 Å². The van der Waals surface area contributed by atoms with E-state index in [1.165, 1.54) is 16.9 Å². The van der Waals surface area contributed by atoms with Gasteiger partial charge in [-0.05, 0) is 39.7 Å². The minimum Gasteiger partial charge on any atom is -0.266 e. The maximum absolute atomic E-state index is 4.33. The van der Waals surface area contributed by atoms with Crippen molar-refractivity contribution in [3.8, 4) is 0 Å². The van der Waals surface area contributed by atoms with Crippen LogP contribution in [0, 0.1) is 0 Å². The molecular formula is C13H21N. The fourth-order valence-electron chi connectivity index (χ4n) is 0.705. The van der Waals surface area contributed by atoms with Gasteiger partial charge in [0.05, 0.1) is 0 Å². The number of aliphatic imine (C=N–C) groups is 1. The van der Waals surface area contributed by atoms with Crippen molar-refractivity contribution in [3.05, 3.63) is 35.6 Å². The standard InChI is InChI=1S/C13H21N/c1-6-11(3)8-9-12(4)10-14-13(5)7-2/h6,8-10H,7H2,1-5H3/b9-8-,11-6-,12-10+,14-13?. The van der Waals surface area contributed by atoms with E-state index in [2.05, 4.69) is 44.0 Å². The van der Waals surface area contributed by atoms with Gasteiger partial charge in [0, 0.05) is 11.9 Å². The van der Waals surface area contributed by atoms with Gasteiger partial charge in [-0.2, -0.15) is 0 Å². The van der Waals surface area contributed by atoms with Gasteiger partial charge in [0.1, 0.15) is 0 Å². The fraction of sp³-hybridized carbons (Fsp3) is 0.462. The van der Waals surface area contributed by atoms with Crippen molar-refractivity contribution >= 4 is 5.71 Å². The van der Waals surface area contributed by atoms with Crippen LogP contribution < -0.4 is 0 Å². The Morgan fingerprint density at radius 1 is 1.07 bits per heavy atom. The van der Waals surface area contributed by atoms with Crippen molar-refractivity contribution in [3.63, 3.8) is 0 Å². The molecule has 0 unspecified atom stereocenters. The lowest BCUT2D eigenvalue weighted by Crippen LogP contribution is -1.84. The maximum Gasteiger partial charge on any atom is 0.0296 e. The Balaban J connectivity index is 4.34. The van der Waals surface area contributed by atoms with Crippen LogP contribution >= 0.6 is 0 Å². The first-order valence-electron chi connectivity index (χ1n) is 5.11. The van der Waals surface area contributed by atoms with Crippen LogP contribution in [0.3, 0.4) is 0 Å². The molecule has 1 heteroatoms. The average molecular weight is 191 g/mol. The summed E-state index contributed by atoms with van der Waals surface area (Å²) in [6.45, 7) is 10.3. The quantitative estimate of drug-likeness (QED) is 0.464. The molecule has 0 aliphatic rings. The second-order valence-corrected chi connectivity index (χ2v) is 3.46. The molecule has 0 aliphatic carbocycles. The van der Waals surface area contributed by atoms with Crippen LogP contribution in [-0.2, 0) is 0 Å². The molecule has 0 radical (unpaired) electrons. The molecule has 0 fully saturated rings. The molecule has 14 heavy (non-hydrogen) atoms. The highest BCUT2D eigenvalue weighted by Crippen LogP contribution is 2.01. The van der Waals surface area contributed by atoms with E-state index in [4.69, 9.17) is 0 Å². The summed E-state index contributed by atoms with van der Waals surface area (Å²) >= 11 is 0. The highest BCUT2D eigenvalue weighted by molar-refractivity contribution is 5.82. The number of nitrogens with zero attached hydrogens (tertiary/aromatic N) is 1. The first-order chi connectivity index (χ1) is 6.60. The van der Waals surface area contributed by atoms with Crippen LogP contribution in [0.1, 0.15) is 41.0 Å². The van der Waals surface area contributed by atoms with Gasteiger partial charge in [-0.25, -0.2) is 0 Å². The van der Waals surface area contributed by atoms with Crippen LogP contribution in [0.25, 0.3) is 0 Å². The smallest absolute Gasteiger partial charge is 0.0296 e. The van der Waals surface area contributed by atoms with E-state index in [0.29, 0.717) is 0 Å². The van der Waals surface area contributed by atoms with Crippen molar-refractivity contribution < 1.29 is 0 Å². The molecule has 0 saturated carbocycles. The average Bonchev–Trinajstić information content (AvgIpc) is 2.22. The summed E-state index contributed by atoms with van der Waals surface area (Å²) in [5.74, 6) is 0. The summed E-state index contributed by atoms with van der Waals surface area (Å²) in [4.78, 5) is 4.33. The van der Waals surface area contributed by atoms with Gasteiger partial charge >= 0.3 is 0 Å². The third kappa shape index (κ3) is 6.41. The summed E-state index contributed by atoms with van der Waals surface area (Å²) in [6, 6.07) is 0. The van der Waals surface area contributed by atoms with E-state index in [0.717, 1.165) is 6.42 Å². The molecule has 0 atom stereocenters. The first-order valence-corrected chi connectivity index (χ1v) is 5.11. The SMILES string of the molecule is C\C=C(C)/C=C\C(C)=C\N=C(C)CC. The predicted octanol–water partition coefficient (Wildman–Crippen LogP) is 4.28. The van der Waals surface area contributed by atoms with Gasteiger partial charge < -0.3 is 0 Å². The molecular weight excluding hydrogens is 170 g/mol. The van der Waals surface area contributed by atoms with Gasteiger partial charge in [-0.15, -0.1) is 0 Å². The van der Waals surface area contributed by atoms with Crippen molar-refractivity contribution in [1.29, 1.82) is 0 Å². The number of rotatable bonds is 4. The number of allylic oxidation sites excluding steroid dienone is 5. The topological polar surface area (TPSA) is 12.4 Å². The molecule has 0 heterocycles. The van der Waals surface area contributed by atoms with Gasteiger partial charge in [-0.3, -0.25) is 4.99 Å². The van der Waals surface area contributed by atoms with E-state index >= 15 is 0 Å². The molecule has 0 aliphatic heterocycles. The van der Waals surface area contributed by atoms with Gasteiger partial charge in [0.25, 0.3) is 0 Å². The Morgan fingerprint density at radius 2 is 1.64 bits per heavy atom. The largest absolute Gasteiger partial charge is 0.266 e. The summed E-state index contributed by atoms with van der Waals surface area (Å²) in [5, 5.41) is 0. The van der Waals surface area contributed by atoms with E-state index in [9.17, 15) is 0 Å². The molecule has 0 aromatic heterocycles. The Bertz CT molecular complexity index is 278. The molecule has 1 nitrogen and oxygen atoms in total. The molecule has 0 aromatic carbocycles. The summed E-state index contributed by atoms with van der Waals surface area (Å²) < 4.78 is 0. The van der Waals surface area contributed by atoms with Gasteiger partial charge in [0.15, 0.2) is 0 Å². The second-order valence-electron chi connectivity index (χ2n) is 3.46. The Kier molecular flexibility index (Phi) is 6.73. The summed E-state index contributed by atoms with van der Waals surface area (Å²) in [5.41, 5.74) is 3.62. The Hall–Kier alpha value is -1.11. The van der Waals surface area contributed by atoms with Crippen LogP contribution in [0.2, 0.25) is 0 Å². The predicted molar refractivity (Wildman–Crippen MR) is 65.7 cm³/mol. The van der Waals surface area contributed by atoms with Crippen LogP contribution in [-0.4, -0.2) is 5.71 Å². The van der Waals surface area contributed by atoms with Crippen LogP contribution in [0.4, 0.5) is 0 Å². The minimum absolute atomic E-state index is 1.02. The van der Waals surface area contributed by atoms with Gasteiger partial charge in [0.2, 0.25) is 0 Å². The van der Waals surface area contributed by atoms with E-state index < -0.39 is 0 Å². The van der Waals surface area contributed by atoms with Crippen molar-refractivity contribution in [2.45, 2.75) is 41.0 Å². The van der Waals surface area contributed by atoms with Gasteiger partial charge in [-0.1, -0.05) is 30.7 Å². The van der Waals surface area contributed by atoms with Crippen molar-refractivity contribution in [1.82, 2.24) is 0 Å². The second kappa shape index (κ2) is 7.31. The van der Waals surface area contributed by atoms with Crippen LogP contribution in [0.5, 0.6) is 0 Å². The number of hydrogen-bond donors (Lipinski definition) is 0. The van der Waals surface area contributed by atoms with E-state index in [1.807, 2.05) is 20.0 Å². The zero-order valence-electron chi connectivity index (χ0n) is 9.96. The highest BCUT2D eigenvalue weighted by atomic mass is 14.7. The normalized spacial score (nSPS) is 15.4. The minimum atomic E-state index is 1.02. The molecule has 0 spiro atoms. The monoisotopic (exact) mass is 191 g/mol. The maximum atomic E-state index is 4.33. The summed E-state index contributed by atoms with van der Waals surface area (Å²) in [7, 11) is 0. The molecule has 78 valence electrons. The fourth-order valence-corrected chi connectivity index (χ4v) is 0.705. The molecule has 0 amide bonds. The lowest BCUT2D eigenvalue weighted by atomic mass is 10.2. The molecule has 0 N–H and O–H groups in total. The third-order valence-corrected chi connectivity index (χ3v) is 2.06. The molecule has 0 saturated heterocycles. The van der Waals surface area contributed by atoms with Crippen molar-refractivity contribution in [2.75, 3.05) is 0 Å². The summed E-state index contributed by atoms with van der Waals surface area (Å²) in [6.07, 6.45) is 9.20.